The summed E-state index contributed by atoms with van der Waals surface area (Å²) in [5.41, 5.74) is 3.64. The van der Waals surface area contributed by atoms with E-state index in [9.17, 15) is 0 Å². The lowest BCUT2D eigenvalue weighted by Gasteiger charge is -2.34. The topological polar surface area (TPSA) is 81.1 Å². The molecule has 0 aromatic carbocycles. The minimum atomic E-state index is 0.272. The fourth-order valence-electron chi connectivity index (χ4n) is 3.45. The Morgan fingerprint density at radius 1 is 1.16 bits per heavy atom. The second-order valence-corrected chi connectivity index (χ2v) is 6.61. The fourth-order valence-corrected chi connectivity index (χ4v) is 3.45. The van der Waals surface area contributed by atoms with Crippen LogP contribution in [0.2, 0.25) is 0 Å². The molecule has 2 fully saturated rings. The van der Waals surface area contributed by atoms with Gasteiger partial charge in [0.05, 0.1) is 49.7 Å². The van der Waals surface area contributed by atoms with Crippen LogP contribution in [0.25, 0.3) is 22.4 Å². The van der Waals surface area contributed by atoms with E-state index in [4.69, 9.17) is 19.6 Å². The van der Waals surface area contributed by atoms with E-state index in [0.29, 0.717) is 19.3 Å². The maximum Gasteiger partial charge on any atom is 0.136 e. The molecule has 1 unspecified atom stereocenters. The first-order valence-corrected chi connectivity index (χ1v) is 8.62. The van der Waals surface area contributed by atoms with Crippen molar-refractivity contribution in [3.63, 3.8) is 0 Å². The number of ether oxygens (including phenoxy) is 2. The zero-order valence-corrected chi connectivity index (χ0v) is 14.1. The number of H-pyrrole nitrogens is 1. The number of hydrogen-bond donors (Lipinski definition) is 1. The van der Waals surface area contributed by atoms with Crippen LogP contribution in [0.15, 0.2) is 24.4 Å². The molecule has 8 nitrogen and oxygen atoms in total. The first kappa shape index (κ1) is 14.9. The van der Waals surface area contributed by atoms with Crippen molar-refractivity contribution in [1.82, 2.24) is 25.0 Å². The third-order valence-corrected chi connectivity index (χ3v) is 4.92. The maximum absolute atomic E-state index is 5.55. The maximum atomic E-state index is 5.55. The van der Waals surface area contributed by atoms with E-state index in [0.717, 1.165) is 48.0 Å². The smallest absolute Gasteiger partial charge is 0.136 e. The van der Waals surface area contributed by atoms with Gasteiger partial charge in [-0.05, 0) is 25.1 Å². The fraction of sp³-hybridized carbons (Fsp3) is 0.471. The summed E-state index contributed by atoms with van der Waals surface area (Å²) >= 11 is 0. The third kappa shape index (κ3) is 2.40. The van der Waals surface area contributed by atoms with E-state index >= 15 is 0 Å². The Bertz CT molecular complexity index is 886. The number of rotatable bonds is 3. The summed E-state index contributed by atoms with van der Waals surface area (Å²) in [4.78, 5) is 7.26. The summed E-state index contributed by atoms with van der Waals surface area (Å²) in [5.74, 6) is 0.966. The number of hydrogen-bond acceptors (Lipinski definition) is 6. The molecule has 3 aromatic rings. The van der Waals surface area contributed by atoms with Crippen molar-refractivity contribution in [3.05, 3.63) is 24.4 Å². The Kier molecular flexibility index (Phi) is 3.46. The molecular weight excluding hydrogens is 320 g/mol. The first-order valence-electron chi connectivity index (χ1n) is 8.62. The van der Waals surface area contributed by atoms with Crippen molar-refractivity contribution < 1.29 is 9.47 Å². The Hall–Kier alpha value is -2.45. The van der Waals surface area contributed by atoms with Crippen molar-refractivity contribution in [2.24, 2.45) is 0 Å². The zero-order valence-electron chi connectivity index (χ0n) is 14.1. The molecule has 5 heterocycles. The summed E-state index contributed by atoms with van der Waals surface area (Å²) in [7, 11) is 0. The highest BCUT2D eigenvalue weighted by atomic mass is 16.5. The molecule has 2 aliphatic rings. The lowest BCUT2D eigenvalue weighted by molar-refractivity contribution is -0.0265. The predicted octanol–water partition coefficient (Wildman–Crippen LogP) is 1.62. The van der Waals surface area contributed by atoms with Crippen LogP contribution in [-0.4, -0.2) is 64.0 Å². The number of aromatic nitrogens is 5. The molecule has 2 saturated heterocycles. The van der Waals surface area contributed by atoms with Crippen LogP contribution in [-0.2, 0) is 9.47 Å². The quantitative estimate of drug-likeness (QED) is 0.780. The van der Waals surface area contributed by atoms with Gasteiger partial charge in [-0.3, -0.25) is 9.78 Å². The van der Waals surface area contributed by atoms with Gasteiger partial charge in [-0.15, -0.1) is 0 Å². The van der Waals surface area contributed by atoms with E-state index in [1.807, 2.05) is 10.7 Å². The van der Waals surface area contributed by atoms with Crippen molar-refractivity contribution in [2.75, 3.05) is 37.9 Å². The molecule has 0 radical (unpaired) electrons. The highest BCUT2D eigenvalue weighted by Gasteiger charge is 2.27. The molecule has 0 bridgehead atoms. The summed E-state index contributed by atoms with van der Waals surface area (Å²) < 4.78 is 12.9. The molecule has 0 amide bonds. The highest BCUT2D eigenvalue weighted by molar-refractivity contribution is 5.90. The van der Waals surface area contributed by atoms with Crippen LogP contribution >= 0.6 is 0 Å². The van der Waals surface area contributed by atoms with Gasteiger partial charge in [0.25, 0.3) is 0 Å². The second-order valence-electron chi connectivity index (χ2n) is 6.61. The molecule has 5 rings (SSSR count). The van der Waals surface area contributed by atoms with Gasteiger partial charge >= 0.3 is 0 Å². The van der Waals surface area contributed by atoms with Gasteiger partial charge in [-0.25, -0.2) is 4.98 Å². The lowest BCUT2D eigenvalue weighted by atomic mass is 10.2. The van der Waals surface area contributed by atoms with Gasteiger partial charge in [0.15, 0.2) is 0 Å². The third-order valence-electron chi connectivity index (χ3n) is 4.92. The summed E-state index contributed by atoms with van der Waals surface area (Å²) in [5, 5.41) is 11.9. The zero-order chi connectivity index (χ0) is 16.8. The highest BCUT2D eigenvalue weighted by Crippen LogP contribution is 2.31. The molecule has 3 aromatic heterocycles. The van der Waals surface area contributed by atoms with Crippen molar-refractivity contribution in [2.45, 2.75) is 19.0 Å². The number of nitrogens with zero attached hydrogens (tertiary/aromatic N) is 5. The number of anilines is 1. The van der Waals surface area contributed by atoms with Crippen LogP contribution in [0.1, 0.15) is 13.0 Å². The predicted molar refractivity (Wildman–Crippen MR) is 92.6 cm³/mol. The molecule has 0 spiro atoms. The molecule has 1 N–H and O–H groups in total. The van der Waals surface area contributed by atoms with E-state index in [-0.39, 0.29) is 6.04 Å². The van der Waals surface area contributed by atoms with Crippen molar-refractivity contribution >= 4 is 16.9 Å². The normalized spacial score (nSPS) is 21.6. The van der Waals surface area contributed by atoms with Gasteiger partial charge in [0.2, 0.25) is 0 Å². The SMILES string of the molecule is CC1COCCN1c1ccc2c(n1)c(-c1ccn[nH]1)nn2C1COC1. The van der Waals surface area contributed by atoms with E-state index < -0.39 is 0 Å². The van der Waals surface area contributed by atoms with Crippen LogP contribution in [0.5, 0.6) is 0 Å². The van der Waals surface area contributed by atoms with Gasteiger partial charge in [0, 0.05) is 12.7 Å². The average Bonchev–Trinajstić information content (AvgIpc) is 3.22. The van der Waals surface area contributed by atoms with Crippen LogP contribution in [0.4, 0.5) is 5.82 Å². The van der Waals surface area contributed by atoms with Gasteiger partial charge < -0.3 is 14.4 Å². The van der Waals surface area contributed by atoms with Crippen LogP contribution in [0.3, 0.4) is 0 Å². The Balaban J connectivity index is 1.65. The first-order chi connectivity index (χ1) is 12.3. The monoisotopic (exact) mass is 340 g/mol. The molecular formula is C17H20N6O2. The molecule has 130 valence electrons. The summed E-state index contributed by atoms with van der Waals surface area (Å²) in [6, 6.07) is 6.71. The molecule has 0 saturated carbocycles. The van der Waals surface area contributed by atoms with Crippen LogP contribution in [0, 0.1) is 0 Å². The minimum Gasteiger partial charge on any atom is -0.377 e. The van der Waals surface area contributed by atoms with Gasteiger partial charge in [-0.1, -0.05) is 0 Å². The number of nitrogens with one attached hydrogen (secondary N) is 1. The number of aromatic amines is 1. The standard InChI is InChI=1S/C17H20N6O2/c1-11-8-24-7-6-22(11)15-3-2-14-17(19-15)16(13-4-5-18-20-13)21-23(14)12-9-25-10-12/h2-5,11-12H,6-10H2,1H3,(H,18,20). The Morgan fingerprint density at radius 2 is 2.08 bits per heavy atom. The van der Waals surface area contributed by atoms with Gasteiger partial charge in [0.1, 0.15) is 17.0 Å². The number of fused-ring (bicyclic) bond motifs is 1. The number of pyridine rings is 1. The summed E-state index contributed by atoms with van der Waals surface area (Å²) in [6.07, 6.45) is 1.74. The largest absolute Gasteiger partial charge is 0.377 e. The van der Waals surface area contributed by atoms with E-state index in [1.54, 1.807) is 6.20 Å². The molecule has 8 heteroatoms. The second kappa shape index (κ2) is 5.82. The lowest BCUT2D eigenvalue weighted by Crippen LogP contribution is -2.44. The van der Waals surface area contributed by atoms with Crippen molar-refractivity contribution in [3.8, 4) is 11.4 Å². The minimum absolute atomic E-state index is 0.272. The van der Waals surface area contributed by atoms with E-state index in [1.165, 1.54) is 0 Å². The molecule has 0 aliphatic carbocycles. The number of morpholine rings is 1. The Morgan fingerprint density at radius 3 is 2.80 bits per heavy atom. The van der Waals surface area contributed by atoms with Crippen molar-refractivity contribution in [1.29, 1.82) is 0 Å². The summed E-state index contributed by atoms with van der Waals surface area (Å²) in [6.45, 7) is 5.87. The Labute approximate surface area is 144 Å². The van der Waals surface area contributed by atoms with E-state index in [2.05, 4.69) is 34.2 Å². The van der Waals surface area contributed by atoms with Crippen LogP contribution < -0.4 is 4.90 Å². The average molecular weight is 340 g/mol. The van der Waals surface area contributed by atoms with Gasteiger partial charge in [-0.2, -0.15) is 10.2 Å². The molecule has 25 heavy (non-hydrogen) atoms. The molecule has 1 atom stereocenters. The molecule has 2 aliphatic heterocycles.